The fraction of sp³-hybridized carbons (Fsp3) is 0.353. The number of aromatic nitrogens is 4. The van der Waals surface area contributed by atoms with Gasteiger partial charge in [0.1, 0.15) is 17.4 Å². The van der Waals surface area contributed by atoms with Crippen molar-refractivity contribution in [2.24, 2.45) is 12.5 Å². The molecule has 0 saturated heterocycles. The molecule has 1 aliphatic heterocycles. The summed E-state index contributed by atoms with van der Waals surface area (Å²) in [5.74, 6) is 0.458. The van der Waals surface area contributed by atoms with Gasteiger partial charge >= 0.3 is 15.6 Å². The van der Waals surface area contributed by atoms with Crippen LogP contribution in [0, 0.1) is 17.0 Å². The minimum atomic E-state index is -5.91. The predicted octanol–water partition coefficient (Wildman–Crippen LogP) is 10.3. The van der Waals surface area contributed by atoms with Crippen LogP contribution in [0.25, 0.3) is 22.3 Å². The lowest BCUT2D eigenvalue weighted by molar-refractivity contribution is -0.0500. The van der Waals surface area contributed by atoms with Crippen molar-refractivity contribution in [2.75, 3.05) is 11.5 Å². The van der Waals surface area contributed by atoms with Crippen LogP contribution >= 0.6 is 53.8 Å². The highest BCUT2D eigenvalue weighted by molar-refractivity contribution is 14.2. The molecule has 0 aliphatic carbocycles. The zero-order valence-corrected chi connectivity index (χ0v) is 33.1. The monoisotopic (exact) mass is 894 g/mol. The van der Waals surface area contributed by atoms with Crippen LogP contribution in [0.15, 0.2) is 70.6 Å². The molecule has 0 saturated carbocycles. The zero-order chi connectivity index (χ0) is 36.9. The third-order valence-electron chi connectivity index (χ3n) is 8.95. The molecule has 6 rings (SSSR count). The molecule has 1 aliphatic rings. The van der Waals surface area contributed by atoms with Crippen LogP contribution in [0.4, 0.5) is 22.0 Å². The molecule has 272 valence electrons. The average molecular weight is 895 g/mol. The van der Waals surface area contributed by atoms with Gasteiger partial charge in [-0.25, -0.2) is 18.4 Å². The largest absolute Gasteiger partial charge is 0.534 e. The second-order valence-corrected chi connectivity index (χ2v) is 18.7. The Labute approximate surface area is 317 Å². The Hall–Kier alpha value is -2.48. The third kappa shape index (κ3) is 7.78. The third-order valence-corrected chi connectivity index (χ3v) is 14.3. The molecule has 0 amide bonds. The number of fused-ring (bicyclic) bond motifs is 8. The number of rotatable bonds is 4. The second-order valence-electron chi connectivity index (χ2n) is 13.2. The van der Waals surface area contributed by atoms with Gasteiger partial charge in [-0.05, 0) is 90.6 Å². The minimum Gasteiger partial charge on any atom is -0.376 e. The molecule has 17 heteroatoms. The van der Waals surface area contributed by atoms with Crippen molar-refractivity contribution in [3.05, 3.63) is 89.4 Å². The summed E-state index contributed by atoms with van der Waals surface area (Å²) < 4.78 is 103. The van der Waals surface area contributed by atoms with Gasteiger partial charge < -0.3 is 4.18 Å². The van der Waals surface area contributed by atoms with Crippen LogP contribution in [0.2, 0.25) is 0 Å². The van der Waals surface area contributed by atoms with Gasteiger partial charge in [0.25, 0.3) is 0 Å². The molecule has 1 unspecified atom stereocenters. The van der Waals surface area contributed by atoms with Crippen LogP contribution in [0.1, 0.15) is 50.6 Å². The molecule has 0 radical (unpaired) electrons. The maximum absolute atomic E-state index is 16.0. The number of thioether (sulfide) groups is 1. The molecule has 5 aromatic rings. The number of halogens is 6. The zero-order valence-electron chi connectivity index (χ0n) is 27.7. The first-order valence-corrected chi connectivity index (χ1v) is 22.3. The normalized spacial score (nSPS) is 18.7. The van der Waals surface area contributed by atoms with Gasteiger partial charge in [0.05, 0.1) is 21.4 Å². The number of alkyl halides is 3. The first-order chi connectivity index (χ1) is 23.9. The van der Waals surface area contributed by atoms with Gasteiger partial charge in [-0.15, -0.1) is 0 Å². The number of hydrogen-bond acceptors (Lipinski definition) is 8. The Morgan fingerprint density at radius 1 is 1.02 bits per heavy atom. The van der Waals surface area contributed by atoms with Crippen LogP contribution < -0.4 is 4.18 Å². The number of aryl methyl sites for hydroxylation is 2. The van der Waals surface area contributed by atoms with Gasteiger partial charge in [-0.1, -0.05) is 37.7 Å². The van der Waals surface area contributed by atoms with Crippen LogP contribution in [-0.4, -0.2) is 44.2 Å². The Bertz CT molecular complexity index is 2230. The van der Waals surface area contributed by atoms with Crippen LogP contribution in [0.5, 0.6) is 5.75 Å². The van der Waals surface area contributed by atoms with Gasteiger partial charge in [-0.3, -0.25) is 3.97 Å². The fourth-order valence-corrected chi connectivity index (χ4v) is 10.1. The quantitative estimate of drug-likeness (QED) is 0.0764. The summed E-state index contributed by atoms with van der Waals surface area (Å²) in [6.45, 7) is 6.05. The van der Waals surface area contributed by atoms with E-state index in [1.807, 2.05) is 23.2 Å². The lowest BCUT2D eigenvalue weighted by Gasteiger charge is -2.32. The maximum Gasteiger partial charge on any atom is 0.534 e. The second kappa shape index (κ2) is 14.4. The van der Waals surface area contributed by atoms with Gasteiger partial charge in [-0.2, -0.15) is 38.4 Å². The number of hydrogen-bond donors (Lipinski definition) is 0. The molecule has 2 aromatic heterocycles. The van der Waals surface area contributed by atoms with Crippen molar-refractivity contribution in [1.29, 1.82) is 0 Å². The van der Waals surface area contributed by atoms with E-state index < -0.39 is 32.6 Å². The van der Waals surface area contributed by atoms with E-state index in [-0.39, 0.29) is 28.4 Å². The van der Waals surface area contributed by atoms with Crippen LogP contribution in [0.3, 0.4) is 0 Å². The summed E-state index contributed by atoms with van der Waals surface area (Å²) in [5, 5.41) is 5.64. The number of benzene rings is 3. The Morgan fingerprint density at radius 3 is 2.51 bits per heavy atom. The van der Waals surface area contributed by atoms with Crippen molar-refractivity contribution in [2.45, 2.75) is 60.7 Å². The molecule has 3 heterocycles. The molecular weight excluding hydrogens is 863 g/mol. The smallest absolute Gasteiger partial charge is 0.376 e. The first kappa shape index (κ1) is 38.3. The van der Waals surface area contributed by atoms with E-state index in [2.05, 4.69) is 44.3 Å². The fourth-order valence-electron chi connectivity index (χ4n) is 6.04. The summed E-state index contributed by atoms with van der Waals surface area (Å²) in [6.07, 6.45) is 3.54. The van der Waals surface area contributed by atoms with E-state index in [1.165, 1.54) is 49.8 Å². The highest BCUT2D eigenvalue weighted by atomic mass is 127. The van der Waals surface area contributed by atoms with Gasteiger partial charge in [0.15, 0.2) is 11.6 Å². The van der Waals surface area contributed by atoms with Crippen molar-refractivity contribution in [1.82, 2.24) is 18.7 Å². The Kier molecular flexibility index (Phi) is 10.8. The topological polar surface area (TPSA) is 79.0 Å². The van der Waals surface area contributed by atoms with E-state index in [0.717, 1.165) is 28.3 Å². The lowest BCUT2D eigenvalue weighted by Crippen LogP contribution is -2.30. The first-order valence-electron chi connectivity index (χ1n) is 15.6. The maximum atomic E-state index is 16.0. The standard InChI is InChI=1S/C34H32F5IN4O3S4/c1-32(2)12-13-33(3,20-6-5-7-21(16-20)47-51(45,46)34(37,38)39)31-41-30(43(4)42-31)25-17-22(8-9-26(25)35)49-29-24(11-15-48-19-32)23-10-14-44(50-40)28(23)18-27(29)36/h5-10,14,16-18H,11-13,15,19H2,1-4H3. The van der Waals surface area contributed by atoms with E-state index in [9.17, 15) is 21.6 Å². The number of nitrogens with zero attached hydrogens (tertiary/aromatic N) is 4. The molecule has 0 spiro atoms. The predicted molar refractivity (Wildman–Crippen MR) is 202 cm³/mol. The molecule has 0 N–H and O–H groups in total. The molecular formula is C34H32F5IN4O3S4. The summed E-state index contributed by atoms with van der Waals surface area (Å²) >= 11 is 5.12. The minimum absolute atomic E-state index is 0.132. The summed E-state index contributed by atoms with van der Waals surface area (Å²) in [5.41, 5.74) is -4.71. The highest BCUT2D eigenvalue weighted by Gasteiger charge is 2.48. The van der Waals surface area contributed by atoms with E-state index in [1.54, 1.807) is 37.0 Å². The Balaban J connectivity index is 1.48. The molecule has 51 heavy (non-hydrogen) atoms. The van der Waals surface area contributed by atoms with Gasteiger partial charge in [0.2, 0.25) is 0 Å². The molecule has 1 atom stereocenters. The molecule has 7 nitrogen and oxygen atoms in total. The van der Waals surface area contributed by atoms with Crippen molar-refractivity contribution < 1.29 is 34.6 Å². The Morgan fingerprint density at radius 2 is 1.78 bits per heavy atom. The summed E-state index contributed by atoms with van der Waals surface area (Å²) in [6, 6.07) is 13.5. The summed E-state index contributed by atoms with van der Waals surface area (Å²) in [4.78, 5) is 5.87. The molecule has 4 bridgehead atoms. The van der Waals surface area contributed by atoms with E-state index in [0.29, 0.717) is 40.4 Å². The van der Waals surface area contributed by atoms with Crippen LogP contribution in [-0.2, 0) is 29.0 Å². The highest BCUT2D eigenvalue weighted by Crippen LogP contribution is 2.44. The SMILES string of the molecule is Cn1nc2nc1-c1cc(ccc1F)Sc1c(F)cc3c(ccn3SI)c1CCSCC(C)(C)CCC2(C)c1cccc(OS(=O)(=O)C(F)(F)F)c1. The molecule has 0 fully saturated rings. The lowest BCUT2D eigenvalue weighted by atomic mass is 9.74. The molecule has 3 aromatic carbocycles. The van der Waals surface area contributed by atoms with Gasteiger partial charge in [0, 0.05) is 59.9 Å². The summed E-state index contributed by atoms with van der Waals surface area (Å²) in [7, 11) is -2.85. The van der Waals surface area contributed by atoms with Crippen molar-refractivity contribution in [3.8, 4) is 17.1 Å². The van der Waals surface area contributed by atoms with Crippen molar-refractivity contribution in [3.63, 3.8) is 0 Å². The van der Waals surface area contributed by atoms with E-state index >= 15 is 8.78 Å². The average Bonchev–Trinajstić information content (AvgIpc) is 3.66. The van der Waals surface area contributed by atoms with Crippen molar-refractivity contribution >= 4 is 74.9 Å². The van der Waals surface area contributed by atoms with E-state index in [4.69, 9.17) is 4.98 Å².